The molecule has 1 saturated heterocycles. The van der Waals surface area contributed by atoms with E-state index in [1.807, 2.05) is 16.8 Å². The molecule has 1 aliphatic carbocycles. The van der Waals surface area contributed by atoms with Crippen molar-refractivity contribution in [2.45, 2.75) is 31.4 Å². The average Bonchev–Trinajstić information content (AvgIpc) is 3.00. The lowest BCUT2D eigenvalue weighted by molar-refractivity contribution is 0.0725. The molecule has 2 N–H and O–H groups in total. The van der Waals surface area contributed by atoms with Gasteiger partial charge in [-0.1, -0.05) is 11.6 Å². The predicted molar refractivity (Wildman–Crippen MR) is 78.8 cm³/mol. The zero-order valence-electron chi connectivity index (χ0n) is 11.4. The molecule has 21 heavy (non-hydrogen) atoms. The van der Waals surface area contributed by atoms with Gasteiger partial charge >= 0.3 is 0 Å². The van der Waals surface area contributed by atoms with Crippen LogP contribution in [0, 0.1) is 5.92 Å². The average molecular weight is 306 g/mol. The van der Waals surface area contributed by atoms with E-state index in [9.17, 15) is 0 Å². The molecule has 1 aromatic carbocycles. The fraction of sp³-hybridized carbons (Fsp3) is 0.500. The number of anilines is 1. The fourth-order valence-corrected chi connectivity index (χ4v) is 3.32. The molecule has 0 amide bonds. The zero-order chi connectivity index (χ0) is 14.4. The molecular weight excluding hydrogens is 290 g/mol. The summed E-state index contributed by atoms with van der Waals surface area (Å²) in [6, 6.07) is 5.58. The van der Waals surface area contributed by atoms with Gasteiger partial charge in [0.15, 0.2) is 5.82 Å². The number of rotatable bonds is 3. The van der Waals surface area contributed by atoms with Crippen LogP contribution in [0.25, 0.3) is 11.4 Å². The molecule has 1 aliphatic heterocycles. The van der Waals surface area contributed by atoms with Crippen LogP contribution in [0.4, 0.5) is 5.69 Å². The first kappa shape index (κ1) is 13.0. The fourth-order valence-electron chi connectivity index (χ4n) is 3.04. The van der Waals surface area contributed by atoms with Gasteiger partial charge in [0.2, 0.25) is 0 Å². The molecule has 1 aromatic heterocycles. The van der Waals surface area contributed by atoms with Crippen molar-refractivity contribution in [3.63, 3.8) is 0 Å². The SMILES string of the molecule is Nc1ccc(-c2nnnn2C2CCOC2C2CC2)c(Cl)c1. The quantitative estimate of drug-likeness (QED) is 0.880. The van der Waals surface area contributed by atoms with Crippen LogP contribution in [0.3, 0.4) is 0 Å². The van der Waals surface area contributed by atoms with Gasteiger partial charge in [0.05, 0.1) is 17.2 Å². The number of benzene rings is 1. The molecule has 2 aromatic rings. The molecule has 4 rings (SSSR count). The normalized spacial score (nSPS) is 25.4. The molecule has 2 heterocycles. The first-order chi connectivity index (χ1) is 10.2. The van der Waals surface area contributed by atoms with E-state index < -0.39 is 0 Å². The molecule has 2 fully saturated rings. The topological polar surface area (TPSA) is 78.9 Å². The molecule has 2 aliphatic rings. The van der Waals surface area contributed by atoms with Crippen molar-refractivity contribution in [1.82, 2.24) is 20.2 Å². The Labute approximate surface area is 127 Å². The van der Waals surface area contributed by atoms with Crippen LogP contribution in [0.2, 0.25) is 5.02 Å². The second kappa shape index (κ2) is 4.96. The lowest BCUT2D eigenvalue weighted by atomic mass is 10.1. The summed E-state index contributed by atoms with van der Waals surface area (Å²) in [4.78, 5) is 0. The molecule has 2 atom stereocenters. The highest BCUT2D eigenvalue weighted by Gasteiger charge is 2.43. The Balaban J connectivity index is 1.73. The monoisotopic (exact) mass is 305 g/mol. The van der Waals surface area contributed by atoms with Gasteiger partial charge in [-0.3, -0.25) is 0 Å². The Morgan fingerprint density at radius 3 is 2.90 bits per heavy atom. The van der Waals surface area contributed by atoms with Gasteiger partial charge in [-0.05, 0) is 53.8 Å². The van der Waals surface area contributed by atoms with E-state index in [1.165, 1.54) is 12.8 Å². The summed E-state index contributed by atoms with van der Waals surface area (Å²) in [5.41, 5.74) is 7.18. The maximum atomic E-state index is 6.29. The highest BCUT2D eigenvalue weighted by atomic mass is 35.5. The van der Waals surface area contributed by atoms with Gasteiger partial charge < -0.3 is 10.5 Å². The third-order valence-corrected chi connectivity index (χ3v) is 4.54. The highest BCUT2D eigenvalue weighted by molar-refractivity contribution is 6.33. The van der Waals surface area contributed by atoms with E-state index in [-0.39, 0.29) is 12.1 Å². The van der Waals surface area contributed by atoms with Gasteiger partial charge in [-0.15, -0.1) is 5.10 Å². The van der Waals surface area contributed by atoms with E-state index in [2.05, 4.69) is 15.5 Å². The van der Waals surface area contributed by atoms with Crippen LogP contribution in [0.5, 0.6) is 0 Å². The number of aromatic nitrogens is 4. The molecule has 0 radical (unpaired) electrons. The molecule has 110 valence electrons. The van der Waals surface area contributed by atoms with Gasteiger partial charge in [-0.25, -0.2) is 4.68 Å². The molecule has 1 saturated carbocycles. The highest BCUT2D eigenvalue weighted by Crippen LogP contribution is 2.44. The summed E-state index contributed by atoms with van der Waals surface area (Å²) in [5.74, 6) is 1.33. The van der Waals surface area contributed by atoms with Crippen LogP contribution in [-0.4, -0.2) is 32.9 Å². The van der Waals surface area contributed by atoms with Crippen LogP contribution >= 0.6 is 11.6 Å². The summed E-state index contributed by atoms with van der Waals surface area (Å²) < 4.78 is 7.75. The van der Waals surface area contributed by atoms with E-state index in [4.69, 9.17) is 22.1 Å². The van der Waals surface area contributed by atoms with Crippen LogP contribution in [-0.2, 0) is 4.74 Å². The van der Waals surface area contributed by atoms with E-state index in [0.29, 0.717) is 22.5 Å². The van der Waals surface area contributed by atoms with Crippen molar-refractivity contribution >= 4 is 17.3 Å². The number of hydrogen-bond acceptors (Lipinski definition) is 5. The summed E-state index contributed by atoms with van der Waals surface area (Å²) in [7, 11) is 0. The summed E-state index contributed by atoms with van der Waals surface area (Å²) in [6.07, 6.45) is 3.63. The zero-order valence-corrected chi connectivity index (χ0v) is 12.2. The van der Waals surface area contributed by atoms with E-state index >= 15 is 0 Å². The Kier molecular flexibility index (Phi) is 3.08. The second-order valence-corrected chi connectivity index (χ2v) is 6.12. The number of nitrogens with two attached hydrogens (primary N) is 1. The maximum absolute atomic E-state index is 6.29. The van der Waals surface area contributed by atoms with Crippen molar-refractivity contribution < 1.29 is 4.74 Å². The molecular formula is C14H16ClN5O. The van der Waals surface area contributed by atoms with Crippen LogP contribution < -0.4 is 5.73 Å². The van der Waals surface area contributed by atoms with Crippen LogP contribution in [0.1, 0.15) is 25.3 Å². The van der Waals surface area contributed by atoms with Crippen molar-refractivity contribution in [1.29, 1.82) is 0 Å². The van der Waals surface area contributed by atoms with Gasteiger partial charge in [0.25, 0.3) is 0 Å². The van der Waals surface area contributed by atoms with Crippen molar-refractivity contribution in [3.8, 4) is 11.4 Å². The molecule has 7 heteroatoms. The number of nitrogens with zero attached hydrogens (tertiary/aromatic N) is 4. The van der Waals surface area contributed by atoms with Crippen molar-refractivity contribution in [2.75, 3.05) is 12.3 Å². The van der Waals surface area contributed by atoms with Crippen LogP contribution in [0.15, 0.2) is 18.2 Å². The lowest BCUT2D eigenvalue weighted by Gasteiger charge is -2.19. The summed E-state index contributed by atoms with van der Waals surface area (Å²) >= 11 is 6.29. The minimum atomic E-state index is 0.191. The Morgan fingerprint density at radius 1 is 1.29 bits per heavy atom. The Morgan fingerprint density at radius 2 is 2.14 bits per heavy atom. The number of nitrogen functional groups attached to an aromatic ring is 1. The van der Waals surface area contributed by atoms with Crippen molar-refractivity contribution in [2.24, 2.45) is 5.92 Å². The predicted octanol–water partition coefficient (Wildman–Crippen LogP) is 2.32. The largest absolute Gasteiger partial charge is 0.399 e. The summed E-state index contributed by atoms with van der Waals surface area (Å²) in [5, 5.41) is 12.7. The van der Waals surface area contributed by atoms with E-state index in [1.54, 1.807) is 6.07 Å². The van der Waals surface area contributed by atoms with Gasteiger partial charge in [0.1, 0.15) is 0 Å². The first-order valence-electron chi connectivity index (χ1n) is 7.19. The molecule has 2 unspecified atom stereocenters. The third-order valence-electron chi connectivity index (χ3n) is 4.23. The van der Waals surface area contributed by atoms with E-state index in [0.717, 1.165) is 18.6 Å². The number of tetrazole rings is 1. The maximum Gasteiger partial charge on any atom is 0.183 e. The smallest absolute Gasteiger partial charge is 0.183 e. The molecule has 6 nitrogen and oxygen atoms in total. The first-order valence-corrected chi connectivity index (χ1v) is 7.56. The number of halogens is 1. The minimum Gasteiger partial charge on any atom is -0.399 e. The molecule has 0 spiro atoms. The summed E-state index contributed by atoms with van der Waals surface area (Å²) in [6.45, 7) is 0.764. The Hall–Kier alpha value is -1.66. The van der Waals surface area contributed by atoms with Gasteiger partial charge in [-0.2, -0.15) is 0 Å². The second-order valence-electron chi connectivity index (χ2n) is 5.72. The van der Waals surface area contributed by atoms with Gasteiger partial charge in [0, 0.05) is 17.9 Å². The minimum absolute atomic E-state index is 0.191. The standard InChI is InChI=1S/C14H16ClN5O/c15-11-7-9(16)3-4-10(11)14-17-18-19-20(14)12-5-6-21-13(12)8-1-2-8/h3-4,7-8,12-13H,1-2,5-6,16H2. The lowest BCUT2D eigenvalue weighted by Crippen LogP contribution is -2.23. The number of ether oxygens (including phenoxy) is 1. The Bertz CT molecular complexity index is 669. The third kappa shape index (κ3) is 2.28. The van der Waals surface area contributed by atoms with Crippen molar-refractivity contribution in [3.05, 3.63) is 23.2 Å². The molecule has 0 bridgehead atoms. The number of hydrogen-bond donors (Lipinski definition) is 1.